The smallest absolute Gasteiger partial charge is 0.157 e. The summed E-state index contributed by atoms with van der Waals surface area (Å²) < 4.78 is 1.84. The Morgan fingerprint density at radius 1 is 1.50 bits per heavy atom. The summed E-state index contributed by atoms with van der Waals surface area (Å²) in [7, 11) is 1.95. The summed E-state index contributed by atoms with van der Waals surface area (Å²) in [5.41, 5.74) is 1.39. The summed E-state index contributed by atoms with van der Waals surface area (Å²) in [6.07, 6.45) is 5.22. The van der Waals surface area contributed by atoms with Crippen LogP contribution in [0, 0.1) is 0 Å². The highest BCUT2D eigenvalue weighted by Gasteiger charge is 2.33. The summed E-state index contributed by atoms with van der Waals surface area (Å²) in [4.78, 5) is 4.64. The standard InChI is InChI=1S/C13H22N4S/c1-4-13(5-2)10-18-12(15-13)14-8-6-11-7-9-17(3)16-11/h7,9H,4-6,8,10H2,1-3H3,(H,14,15). The summed E-state index contributed by atoms with van der Waals surface area (Å²) in [6.45, 7) is 5.30. The molecule has 0 radical (unpaired) electrons. The highest BCUT2D eigenvalue weighted by Crippen LogP contribution is 2.28. The van der Waals surface area contributed by atoms with Gasteiger partial charge in [-0.2, -0.15) is 5.10 Å². The maximum atomic E-state index is 4.64. The number of amidine groups is 1. The normalized spacial score (nSPS) is 20.3. The predicted molar refractivity (Wildman–Crippen MR) is 78.1 cm³/mol. The van der Waals surface area contributed by atoms with E-state index < -0.39 is 0 Å². The first-order valence-electron chi connectivity index (χ1n) is 6.61. The Bertz CT molecular complexity index is 420. The highest BCUT2D eigenvalue weighted by molar-refractivity contribution is 8.14. The van der Waals surface area contributed by atoms with E-state index in [1.165, 1.54) is 0 Å². The van der Waals surface area contributed by atoms with E-state index in [1.807, 2.05) is 29.7 Å². The van der Waals surface area contributed by atoms with Crippen molar-refractivity contribution in [1.29, 1.82) is 0 Å². The SMILES string of the molecule is CCC1(CC)CSC(=NCCc2ccn(C)n2)N1. The molecule has 0 spiro atoms. The van der Waals surface area contributed by atoms with Crippen molar-refractivity contribution in [2.75, 3.05) is 12.3 Å². The first-order chi connectivity index (χ1) is 8.67. The molecule has 0 bridgehead atoms. The Kier molecular flexibility index (Phi) is 4.32. The molecule has 0 atom stereocenters. The van der Waals surface area contributed by atoms with Gasteiger partial charge in [0.2, 0.25) is 0 Å². The zero-order valence-corrected chi connectivity index (χ0v) is 12.3. The second-order valence-electron chi connectivity index (χ2n) is 4.82. The van der Waals surface area contributed by atoms with E-state index in [4.69, 9.17) is 0 Å². The van der Waals surface area contributed by atoms with Gasteiger partial charge in [0.05, 0.1) is 5.69 Å². The van der Waals surface area contributed by atoms with Gasteiger partial charge in [-0.1, -0.05) is 25.6 Å². The maximum Gasteiger partial charge on any atom is 0.157 e. The van der Waals surface area contributed by atoms with E-state index in [2.05, 4.69) is 35.3 Å². The molecule has 1 fully saturated rings. The molecule has 18 heavy (non-hydrogen) atoms. The number of rotatable bonds is 5. The van der Waals surface area contributed by atoms with Crippen molar-refractivity contribution in [2.24, 2.45) is 12.0 Å². The molecule has 1 N–H and O–H groups in total. The summed E-state index contributed by atoms with van der Waals surface area (Å²) in [6, 6.07) is 2.05. The molecule has 0 unspecified atom stereocenters. The third-order valence-electron chi connectivity index (χ3n) is 3.60. The highest BCUT2D eigenvalue weighted by atomic mass is 32.2. The zero-order chi connectivity index (χ0) is 13.0. The van der Waals surface area contributed by atoms with Crippen molar-refractivity contribution in [3.05, 3.63) is 18.0 Å². The van der Waals surface area contributed by atoms with Gasteiger partial charge in [-0.15, -0.1) is 0 Å². The minimum Gasteiger partial charge on any atom is -0.359 e. The molecule has 0 aliphatic carbocycles. The van der Waals surface area contributed by atoms with Crippen molar-refractivity contribution >= 4 is 16.9 Å². The number of hydrogen-bond donors (Lipinski definition) is 1. The largest absolute Gasteiger partial charge is 0.359 e. The number of nitrogens with zero attached hydrogens (tertiary/aromatic N) is 3. The minimum absolute atomic E-state index is 0.272. The van der Waals surface area contributed by atoms with Crippen molar-refractivity contribution < 1.29 is 0 Å². The molecule has 1 aliphatic heterocycles. The molecule has 4 nitrogen and oxygen atoms in total. The Balaban J connectivity index is 1.84. The average molecular weight is 266 g/mol. The van der Waals surface area contributed by atoms with E-state index in [9.17, 15) is 0 Å². The van der Waals surface area contributed by atoms with Gasteiger partial charge in [0.25, 0.3) is 0 Å². The van der Waals surface area contributed by atoms with Crippen LogP contribution in [0.2, 0.25) is 0 Å². The third-order valence-corrected chi connectivity index (χ3v) is 4.80. The Hall–Kier alpha value is -0.970. The predicted octanol–water partition coefficient (Wildman–Crippen LogP) is 2.21. The summed E-state index contributed by atoms with van der Waals surface area (Å²) >= 11 is 1.85. The second kappa shape index (κ2) is 5.78. The van der Waals surface area contributed by atoms with Crippen molar-refractivity contribution in [2.45, 2.75) is 38.6 Å². The topological polar surface area (TPSA) is 42.2 Å². The first-order valence-corrected chi connectivity index (χ1v) is 7.60. The zero-order valence-electron chi connectivity index (χ0n) is 11.4. The fraction of sp³-hybridized carbons (Fsp3) is 0.692. The number of nitrogens with one attached hydrogen (secondary N) is 1. The number of hydrogen-bond acceptors (Lipinski definition) is 3. The lowest BCUT2D eigenvalue weighted by Crippen LogP contribution is -2.42. The lowest BCUT2D eigenvalue weighted by atomic mass is 9.96. The van der Waals surface area contributed by atoms with Gasteiger partial charge in [-0.25, -0.2) is 0 Å². The molecule has 2 rings (SSSR count). The number of aliphatic imine (C=N–C) groups is 1. The first kappa shape index (κ1) is 13.5. The van der Waals surface area contributed by atoms with Gasteiger partial charge >= 0.3 is 0 Å². The maximum absolute atomic E-state index is 4.64. The molecule has 2 heterocycles. The minimum atomic E-state index is 0.272. The van der Waals surface area contributed by atoms with E-state index in [1.54, 1.807) is 0 Å². The number of aromatic nitrogens is 2. The lowest BCUT2D eigenvalue weighted by molar-refractivity contribution is 0.407. The van der Waals surface area contributed by atoms with Crippen LogP contribution < -0.4 is 5.32 Å². The Labute approximate surface area is 113 Å². The Morgan fingerprint density at radius 3 is 2.83 bits per heavy atom. The molecule has 5 heteroatoms. The Morgan fingerprint density at radius 2 is 2.28 bits per heavy atom. The van der Waals surface area contributed by atoms with Gasteiger partial charge in [-0.3, -0.25) is 9.67 Å². The molecule has 100 valence electrons. The van der Waals surface area contributed by atoms with Crippen molar-refractivity contribution in [3.63, 3.8) is 0 Å². The third kappa shape index (κ3) is 3.07. The van der Waals surface area contributed by atoms with E-state index >= 15 is 0 Å². The van der Waals surface area contributed by atoms with Crippen LogP contribution in [0.4, 0.5) is 0 Å². The second-order valence-corrected chi connectivity index (χ2v) is 5.78. The van der Waals surface area contributed by atoms with Crippen LogP contribution in [-0.4, -0.2) is 32.8 Å². The fourth-order valence-electron chi connectivity index (χ4n) is 2.09. The molecule has 0 amide bonds. The van der Waals surface area contributed by atoms with Crippen LogP contribution >= 0.6 is 11.8 Å². The lowest BCUT2D eigenvalue weighted by Gasteiger charge is -2.25. The average Bonchev–Trinajstić information content (AvgIpc) is 2.97. The summed E-state index contributed by atoms with van der Waals surface area (Å²) in [5.74, 6) is 1.14. The molecule has 1 aromatic rings. The molecule has 1 aromatic heterocycles. The molecule has 0 saturated carbocycles. The van der Waals surface area contributed by atoms with Crippen molar-refractivity contribution in [1.82, 2.24) is 15.1 Å². The molecular weight excluding hydrogens is 244 g/mol. The monoisotopic (exact) mass is 266 g/mol. The van der Waals surface area contributed by atoms with Crippen LogP contribution in [0.25, 0.3) is 0 Å². The van der Waals surface area contributed by atoms with Gasteiger partial charge in [-0.05, 0) is 18.9 Å². The van der Waals surface area contributed by atoms with Crippen LogP contribution in [0.5, 0.6) is 0 Å². The van der Waals surface area contributed by atoms with Gasteiger partial charge < -0.3 is 5.32 Å². The van der Waals surface area contributed by atoms with Crippen LogP contribution in [0.1, 0.15) is 32.4 Å². The quantitative estimate of drug-likeness (QED) is 0.888. The number of thioether (sulfide) groups is 1. The van der Waals surface area contributed by atoms with Gasteiger partial charge in [0, 0.05) is 37.5 Å². The van der Waals surface area contributed by atoms with E-state index in [0.717, 1.165) is 42.4 Å². The van der Waals surface area contributed by atoms with Crippen molar-refractivity contribution in [3.8, 4) is 0 Å². The fourth-order valence-corrected chi connectivity index (χ4v) is 3.45. The molecule has 1 aliphatic rings. The summed E-state index contributed by atoms with van der Waals surface area (Å²) in [5, 5.41) is 9.04. The van der Waals surface area contributed by atoms with Crippen LogP contribution in [0.3, 0.4) is 0 Å². The van der Waals surface area contributed by atoms with Crippen LogP contribution in [0.15, 0.2) is 17.3 Å². The van der Waals surface area contributed by atoms with E-state index in [-0.39, 0.29) is 5.54 Å². The number of aryl methyl sites for hydroxylation is 1. The van der Waals surface area contributed by atoms with E-state index in [0.29, 0.717) is 0 Å². The molecule has 0 aromatic carbocycles. The molecular formula is C13H22N4S. The van der Waals surface area contributed by atoms with Crippen LogP contribution in [-0.2, 0) is 13.5 Å². The van der Waals surface area contributed by atoms with Gasteiger partial charge in [0.1, 0.15) is 0 Å². The van der Waals surface area contributed by atoms with Gasteiger partial charge in [0.15, 0.2) is 5.17 Å². The molecule has 1 saturated heterocycles.